The van der Waals surface area contributed by atoms with E-state index in [4.69, 9.17) is 18.9 Å². The van der Waals surface area contributed by atoms with E-state index >= 15 is 0 Å². The van der Waals surface area contributed by atoms with Gasteiger partial charge in [-0.05, 0) is 88.2 Å². The molecule has 10 atom stereocenters. The molecule has 318 valence electrons. The number of ether oxygens (including phenoxy) is 4. The first-order chi connectivity index (χ1) is 25.9. The van der Waals surface area contributed by atoms with E-state index in [-0.39, 0.29) is 75.0 Å². The average molecular weight is 812 g/mol. The summed E-state index contributed by atoms with van der Waals surface area (Å²) in [6, 6.07) is 4.54. The van der Waals surface area contributed by atoms with Crippen LogP contribution in [0, 0.1) is 35.5 Å². The molecule has 1 aromatic rings. The van der Waals surface area contributed by atoms with Crippen LogP contribution in [0.25, 0.3) is 0 Å². The number of aromatic nitrogens is 1. The molecule has 1 aromatic heterocycles. The molecule has 0 amide bonds. The molecule has 2 aliphatic carbocycles. The fourth-order valence-corrected chi connectivity index (χ4v) is 9.49. The standard InChI is InChI=1S/C39H55F6NO10/c1-22-8-10-30(36(51)20-55-34(3,49)14-12-28(22)36)26(32(47)38(40,41)42)18-53-16-24-6-5-7-25(46-24)17-54-19-27(33(48)39(43,44)45)31-11-9-23(2)29-13-15-35(4,50)56-21-37(29,31)52/h5-7,22-23,28-31,47-52H,8-21H2,1-4H3/b32-26-,33-27-/t22-,23-,28+,29+,30+,31+,34?,35?,36-,37-/m1/s1. The topological polar surface area (TPSA) is 171 Å². The molecule has 4 aliphatic rings. The van der Waals surface area contributed by atoms with Crippen molar-refractivity contribution in [3.63, 3.8) is 0 Å². The van der Waals surface area contributed by atoms with Gasteiger partial charge in [-0.15, -0.1) is 0 Å². The number of hydrogen-bond acceptors (Lipinski definition) is 11. The van der Waals surface area contributed by atoms with Crippen LogP contribution in [-0.4, -0.2) is 97.2 Å². The summed E-state index contributed by atoms with van der Waals surface area (Å²) in [6.07, 6.45) is -8.33. The Labute approximate surface area is 322 Å². The number of hydrogen-bond donors (Lipinski definition) is 6. The Morgan fingerprint density at radius 3 is 1.41 bits per heavy atom. The molecule has 2 unspecified atom stereocenters. The van der Waals surface area contributed by atoms with Crippen molar-refractivity contribution in [1.82, 2.24) is 4.98 Å². The molecule has 4 fully saturated rings. The second-order valence-corrected chi connectivity index (χ2v) is 16.8. The Morgan fingerprint density at radius 2 is 1.05 bits per heavy atom. The van der Waals surface area contributed by atoms with Crippen molar-refractivity contribution in [3.05, 3.63) is 52.3 Å². The summed E-state index contributed by atoms with van der Waals surface area (Å²) < 4.78 is 107. The third kappa shape index (κ3) is 9.84. The minimum atomic E-state index is -5.15. The van der Waals surface area contributed by atoms with Gasteiger partial charge in [0.05, 0.1) is 62.2 Å². The molecular weight excluding hydrogens is 756 g/mol. The number of aliphatic hydroxyl groups excluding tert-OH is 2. The van der Waals surface area contributed by atoms with Crippen molar-refractivity contribution in [2.24, 2.45) is 35.5 Å². The second-order valence-electron chi connectivity index (χ2n) is 16.8. The number of rotatable bonds is 10. The van der Waals surface area contributed by atoms with E-state index in [1.807, 2.05) is 13.8 Å². The van der Waals surface area contributed by atoms with E-state index in [2.05, 4.69) is 4.98 Å². The average Bonchev–Trinajstić information content (AvgIpc) is 3.32. The smallest absolute Gasteiger partial charge is 0.448 e. The van der Waals surface area contributed by atoms with Crippen LogP contribution in [0.5, 0.6) is 0 Å². The first-order valence-electron chi connectivity index (χ1n) is 19.1. The first-order valence-corrected chi connectivity index (χ1v) is 19.1. The molecule has 0 bridgehead atoms. The summed E-state index contributed by atoms with van der Waals surface area (Å²) >= 11 is 0. The zero-order valence-electron chi connectivity index (χ0n) is 32.1. The highest BCUT2D eigenvalue weighted by Crippen LogP contribution is 2.52. The predicted octanol–water partition coefficient (Wildman–Crippen LogP) is 6.69. The van der Waals surface area contributed by atoms with Crippen LogP contribution in [-0.2, 0) is 32.2 Å². The summed E-state index contributed by atoms with van der Waals surface area (Å²) in [4.78, 5) is 4.37. The van der Waals surface area contributed by atoms with Crippen molar-refractivity contribution in [2.75, 3.05) is 26.4 Å². The third-order valence-corrected chi connectivity index (χ3v) is 12.6. The number of halogens is 6. The fraction of sp³-hybridized carbons (Fsp3) is 0.769. The fourth-order valence-electron chi connectivity index (χ4n) is 9.49. The molecular formula is C39H55F6NO10. The maximum Gasteiger partial charge on any atom is 0.448 e. The maximum atomic E-state index is 14.0. The quantitative estimate of drug-likeness (QED) is 0.110. The van der Waals surface area contributed by atoms with Gasteiger partial charge < -0.3 is 49.6 Å². The molecule has 56 heavy (non-hydrogen) atoms. The molecule has 11 nitrogen and oxygen atoms in total. The lowest BCUT2D eigenvalue weighted by Crippen LogP contribution is -2.55. The first kappa shape index (κ1) is 44.6. The van der Waals surface area contributed by atoms with Crippen LogP contribution in [0.4, 0.5) is 26.3 Å². The monoisotopic (exact) mass is 811 g/mol. The lowest BCUT2D eigenvalue weighted by molar-refractivity contribution is -0.223. The van der Waals surface area contributed by atoms with Gasteiger partial charge in [0.2, 0.25) is 0 Å². The molecule has 0 spiro atoms. The van der Waals surface area contributed by atoms with E-state index in [0.717, 1.165) is 0 Å². The lowest BCUT2D eigenvalue weighted by atomic mass is 9.61. The Bertz CT molecular complexity index is 1490. The lowest BCUT2D eigenvalue weighted by Gasteiger charge is -2.48. The number of pyridine rings is 1. The Hall–Kier alpha value is -2.51. The van der Waals surface area contributed by atoms with E-state index in [0.29, 0.717) is 12.8 Å². The van der Waals surface area contributed by atoms with Gasteiger partial charge in [-0.1, -0.05) is 19.9 Å². The number of aliphatic hydroxyl groups is 6. The summed E-state index contributed by atoms with van der Waals surface area (Å²) in [7, 11) is 0. The molecule has 0 radical (unpaired) electrons. The number of fused-ring (bicyclic) bond motifs is 2. The van der Waals surface area contributed by atoms with Gasteiger partial charge in [-0.25, -0.2) is 0 Å². The Morgan fingerprint density at radius 1 is 0.679 bits per heavy atom. The van der Waals surface area contributed by atoms with Crippen LogP contribution in [0.1, 0.15) is 90.4 Å². The van der Waals surface area contributed by atoms with Crippen LogP contribution in [0.2, 0.25) is 0 Å². The van der Waals surface area contributed by atoms with Gasteiger partial charge in [0.15, 0.2) is 23.1 Å². The molecule has 2 saturated heterocycles. The van der Waals surface area contributed by atoms with Gasteiger partial charge in [-0.2, -0.15) is 26.3 Å². The van der Waals surface area contributed by atoms with Crippen molar-refractivity contribution >= 4 is 0 Å². The molecule has 2 saturated carbocycles. The SMILES string of the molecule is C[C@@H]1CC[C@@H](/C(COCc2cccc(COC/C(=C(/O)C(F)(F)F)[C@@H]3CC[C@@H](C)[C@@H]4CCC(C)(O)OC[C@]34O)n2)=C(\O)C(F)(F)F)[C@@]2(O)COC(C)(O)CC[C@@H]12. The predicted molar refractivity (Wildman–Crippen MR) is 187 cm³/mol. The van der Waals surface area contributed by atoms with Gasteiger partial charge in [0, 0.05) is 35.8 Å². The molecule has 2 aliphatic heterocycles. The van der Waals surface area contributed by atoms with E-state index in [9.17, 15) is 57.0 Å². The van der Waals surface area contributed by atoms with Crippen LogP contribution >= 0.6 is 0 Å². The van der Waals surface area contributed by atoms with Gasteiger partial charge in [-0.3, -0.25) is 4.98 Å². The minimum absolute atomic E-state index is 0.0929. The van der Waals surface area contributed by atoms with Gasteiger partial charge in [0.25, 0.3) is 0 Å². The third-order valence-electron chi connectivity index (χ3n) is 12.6. The number of allylic oxidation sites excluding steroid dienone is 2. The molecule has 5 rings (SSSR count). The summed E-state index contributed by atoms with van der Waals surface area (Å²) in [5.41, 5.74) is -4.37. The number of nitrogens with zero attached hydrogens (tertiary/aromatic N) is 1. The van der Waals surface area contributed by atoms with Crippen LogP contribution in [0.3, 0.4) is 0 Å². The van der Waals surface area contributed by atoms with E-state index < -0.39 is 108 Å². The Kier molecular flexibility index (Phi) is 13.2. The zero-order valence-corrected chi connectivity index (χ0v) is 32.1. The van der Waals surface area contributed by atoms with Crippen molar-refractivity contribution < 1.29 is 75.9 Å². The van der Waals surface area contributed by atoms with Crippen LogP contribution < -0.4 is 0 Å². The minimum Gasteiger partial charge on any atom is -0.504 e. The normalized spacial score (nSPS) is 38.0. The number of alkyl halides is 6. The summed E-state index contributed by atoms with van der Waals surface area (Å²) in [5, 5.41) is 65.8. The molecule has 0 aromatic carbocycles. The van der Waals surface area contributed by atoms with Gasteiger partial charge >= 0.3 is 12.4 Å². The largest absolute Gasteiger partial charge is 0.504 e. The van der Waals surface area contributed by atoms with Crippen molar-refractivity contribution in [2.45, 2.75) is 127 Å². The summed E-state index contributed by atoms with van der Waals surface area (Å²) in [6.45, 7) is 3.53. The highest BCUT2D eigenvalue weighted by Gasteiger charge is 2.57. The second kappa shape index (κ2) is 16.6. The zero-order chi connectivity index (χ0) is 41.5. The molecule has 17 heteroatoms. The van der Waals surface area contributed by atoms with E-state index in [1.165, 1.54) is 32.0 Å². The van der Waals surface area contributed by atoms with Crippen LogP contribution in [0.15, 0.2) is 40.9 Å². The summed E-state index contributed by atoms with van der Waals surface area (Å²) in [5.74, 6) is -10.6. The van der Waals surface area contributed by atoms with Gasteiger partial charge in [0.1, 0.15) is 0 Å². The van der Waals surface area contributed by atoms with Crippen molar-refractivity contribution in [1.29, 1.82) is 0 Å². The molecule has 6 N–H and O–H groups in total. The highest BCUT2D eigenvalue weighted by atomic mass is 19.4. The van der Waals surface area contributed by atoms with E-state index in [1.54, 1.807) is 0 Å². The van der Waals surface area contributed by atoms with Crippen molar-refractivity contribution in [3.8, 4) is 0 Å². The highest BCUT2D eigenvalue weighted by molar-refractivity contribution is 5.24. The Balaban J connectivity index is 1.30. The molecule has 3 heterocycles. The maximum absolute atomic E-state index is 14.0.